The lowest BCUT2D eigenvalue weighted by Crippen LogP contribution is -2.35. The number of carbonyl (C=O) groups excluding carboxylic acids is 2. The molecule has 0 unspecified atom stereocenters. The Kier molecular flexibility index (Phi) is 5.51. The number of ether oxygens (including phenoxy) is 2. The van der Waals surface area contributed by atoms with Crippen LogP contribution in [0.4, 0.5) is 17.6 Å². The van der Waals surface area contributed by atoms with Gasteiger partial charge in [0.1, 0.15) is 0 Å². The van der Waals surface area contributed by atoms with Gasteiger partial charge in [-0.1, -0.05) is 24.3 Å². The summed E-state index contributed by atoms with van der Waals surface area (Å²) in [7, 11) is 0. The first-order valence-electron chi connectivity index (χ1n) is 6.39. The lowest BCUT2D eigenvalue weighted by atomic mass is 9.96. The summed E-state index contributed by atoms with van der Waals surface area (Å²) in [5.41, 5.74) is -2.60. The van der Waals surface area contributed by atoms with Crippen LogP contribution in [0.5, 0.6) is 0 Å². The van der Waals surface area contributed by atoms with Crippen molar-refractivity contribution in [1.82, 2.24) is 0 Å². The maximum absolute atomic E-state index is 14.0. The van der Waals surface area contributed by atoms with Gasteiger partial charge in [0, 0.05) is 11.1 Å². The van der Waals surface area contributed by atoms with Crippen LogP contribution in [0.3, 0.4) is 0 Å². The van der Waals surface area contributed by atoms with E-state index in [1.807, 2.05) is 0 Å². The maximum atomic E-state index is 14.0. The van der Waals surface area contributed by atoms with Crippen molar-refractivity contribution in [3.63, 3.8) is 0 Å². The Balaban J connectivity index is 3.36. The van der Waals surface area contributed by atoms with Gasteiger partial charge in [0.25, 0.3) is 0 Å². The first-order chi connectivity index (χ1) is 10.2. The van der Waals surface area contributed by atoms with Crippen LogP contribution in [0.1, 0.15) is 25.0 Å². The van der Waals surface area contributed by atoms with Gasteiger partial charge >= 0.3 is 23.8 Å². The van der Waals surface area contributed by atoms with E-state index >= 15 is 0 Å². The Bertz CT molecular complexity index is 509. The predicted molar refractivity (Wildman–Crippen MR) is 67.5 cm³/mol. The van der Waals surface area contributed by atoms with Crippen LogP contribution < -0.4 is 0 Å². The number of hydrogen-bond acceptors (Lipinski definition) is 4. The molecule has 0 aromatic heterocycles. The Labute approximate surface area is 124 Å². The smallest absolute Gasteiger partial charge is 0.381 e. The standard InChI is InChI=1S/C14H14F4O4/c1-3-21-11(19)13(15,16)9-7-5-6-8-10(9)14(17,18)12(20)22-4-2/h5-8H,3-4H2,1-2H3. The van der Waals surface area contributed by atoms with E-state index in [4.69, 9.17) is 0 Å². The summed E-state index contributed by atoms with van der Waals surface area (Å²) < 4.78 is 64.4. The second kappa shape index (κ2) is 6.76. The van der Waals surface area contributed by atoms with E-state index < -0.39 is 34.9 Å². The molecule has 0 amide bonds. The first-order valence-corrected chi connectivity index (χ1v) is 6.39. The number of rotatable bonds is 6. The summed E-state index contributed by atoms with van der Waals surface area (Å²) >= 11 is 0. The molecule has 4 nitrogen and oxygen atoms in total. The molecule has 1 rings (SSSR count). The van der Waals surface area contributed by atoms with Gasteiger partial charge in [0.2, 0.25) is 0 Å². The van der Waals surface area contributed by atoms with Gasteiger partial charge in [-0.2, -0.15) is 17.6 Å². The van der Waals surface area contributed by atoms with Crippen molar-refractivity contribution in [3.05, 3.63) is 35.4 Å². The molecule has 1 aromatic rings. The van der Waals surface area contributed by atoms with Gasteiger partial charge in [0.15, 0.2) is 0 Å². The Morgan fingerprint density at radius 2 is 1.18 bits per heavy atom. The molecule has 0 aliphatic carbocycles. The molecule has 0 radical (unpaired) electrons. The van der Waals surface area contributed by atoms with Crippen molar-refractivity contribution in [3.8, 4) is 0 Å². The van der Waals surface area contributed by atoms with Crippen LogP contribution in [0, 0.1) is 0 Å². The van der Waals surface area contributed by atoms with E-state index in [1.54, 1.807) is 0 Å². The molecule has 1 aromatic carbocycles. The molecular weight excluding hydrogens is 308 g/mol. The summed E-state index contributed by atoms with van der Waals surface area (Å²) in [5.74, 6) is -12.6. The highest BCUT2D eigenvalue weighted by Gasteiger charge is 2.52. The monoisotopic (exact) mass is 322 g/mol. The molecule has 0 aliphatic heterocycles. The Morgan fingerprint density at radius 3 is 1.45 bits per heavy atom. The average molecular weight is 322 g/mol. The number of hydrogen-bond donors (Lipinski definition) is 0. The van der Waals surface area contributed by atoms with E-state index in [2.05, 4.69) is 9.47 Å². The molecular formula is C14H14F4O4. The van der Waals surface area contributed by atoms with Crippen molar-refractivity contribution in [2.45, 2.75) is 25.7 Å². The van der Waals surface area contributed by atoms with E-state index in [1.165, 1.54) is 13.8 Å². The fraction of sp³-hybridized carbons (Fsp3) is 0.429. The molecule has 8 heteroatoms. The minimum Gasteiger partial charge on any atom is -0.461 e. The van der Waals surface area contributed by atoms with Crippen LogP contribution >= 0.6 is 0 Å². The minimum atomic E-state index is -4.32. The molecule has 0 bridgehead atoms. The zero-order chi connectivity index (χ0) is 17.0. The summed E-state index contributed by atoms with van der Waals surface area (Å²) in [6, 6.07) is 3.37. The quantitative estimate of drug-likeness (QED) is 0.597. The third-order valence-corrected chi connectivity index (χ3v) is 2.67. The van der Waals surface area contributed by atoms with Crippen LogP contribution in [0.25, 0.3) is 0 Å². The second-order valence-electron chi connectivity index (χ2n) is 4.14. The van der Waals surface area contributed by atoms with Gasteiger partial charge < -0.3 is 9.47 Å². The van der Waals surface area contributed by atoms with Crippen LogP contribution in [0.15, 0.2) is 24.3 Å². The van der Waals surface area contributed by atoms with Crippen molar-refractivity contribution < 1.29 is 36.6 Å². The van der Waals surface area contributed by atoms with E-state index in [0.29, 0.717) is 12.1 Å². The molecule has 0 atom stereocenters. The van der Waals surface area contributed by atoms with Crippen molar-refractivity contribution >= 4 is 11.9 Å². The van der Waals surface area contributed by atoms with Crippen LogP contribution in [-0.4, -0.2) is 25.2 Å². The molecule has 22 heavy (non-hydrogen) atoms. The number of benzene rings is 1. The molecule has 0 heterocycles. The summed E-state index contributed by atoms with van der Waals surface area (Å²) in [6.07, 6.45) is 0. The van der Waals surface area contributed by atoms with Crippen molar-refractivity contribution in [1.29, 1.82) is 0 Å². The molecule has 0 aliphatic rings. The van der Waals surface area contributed by atoms with Gasteiger partial charge in [-0.05, 0) is 13.8 Å². The largest absolute Gasteiger partial charge is 0.461 e. The van der Waals surface area contributed by atoms with E-state index in [0.717, 1.165) is 12.1 Å². The molecule has 122 valence electrons. The van der Waals surface area contributed by atoms with Gasteiger partial charge in [-0.3, -0.25) is 0 Å². The van der Waals surface area contributed by atoms with Gasteiger partial charge in [-0.15, -0.1) is 0 Å². The number of alkyl halides is 4. The van der Waals surface area contributed by atoms with Crippen molar-refractivity contribution in [2.24, 2.45) is 0 Å². The van der Waals surface area contributed by atoms with E-state index in [-0.39, 0.29) is 13.2 Å². The summed E-state index contributed by atoms with van der Waals surface area (Å²) in [5, 5.41) is 0. The lowest BCUT2D eigenvalue weighted by molar-refractivity contribution is -0.177. The lowest BCUT2D eigenvalue weighted by Gasteiger charge is -2.22. The first kappa shape index (κ1) is 17.9. The normalized spacial score (nSPS) is 11.9. The molecule has 0 N–H and O–H groups in total. The highest BCUT2D eigenvalue weighted by molar-refractivity contribution is 5.83. The fourth-order valence-electron chi connectivity index (χ4n) is 1.69. The Hall–Kier alpha value is -2.12. The third-order valence-electron chi connectivity index (χ3n) is 2.67. The zero-order valence-corrected chi connectivity index (χ0v) is 11.9. The molecule has 0 saturated heterocycles. The number of esters is 2. The zero-order valence-electron chi connectivity index (χ0n) is 11.9. The molecule has 0 fully saturated rings. The second-order valence-corrected chi connectivity index (χ2v) is 4.14. The number of halogens is 4. The minimum absolute atomic E-state index is 0.342. The Morgan fingerprint density at radius 1 is 0.864 bits per heavy atom. The predicted octanol–water partition coefficient (Wildman–Crippen LogP) is 3.00. The highest BCUT2D eigenvalue weighted by Crippen LogP contribution is 2.40. The number of carbonyl (C=O) groups is 2. The molecule has 0 saturated carbocycles. The maximum Gasteiger partial charge on any atom is 0.381 e. The highest BCUT2D eigenvalue weighted by atomic mass is 19.3. The van der Waals surface area contributed by atoms with Gasteiger partial charge in [0.05, 0.1) is 13.2 Å². The summed E-state index contributed by atoms with van der Waals surface area (Å²) in [4.78, 5) is 22.6. The fourth-order valence-corrected chi connectivity index (χ4v) is 1.69. The summed E-state index contributed by atoms with van der Waals surface area (Å²) in [6.45, 7) is 1.91. The molecule has 0 spiro atoms. The van der Waals surface area contributed by atoms with Crippen molar-refractivity contribution in [2.75, 3.05) is 13.2 Å². The average Bonchev–Trinajstić information content (AvgIpc) is 2.47. The third kappa shape index (κ3) is 3.37. The van der Waals surface area contributed by atoms with Crippen LogP contribution in [0.2, 0.25) is 0 Å². The SMILES string of the molecule is CCOC(=O)C(F)(F)c1ccccc1C(F)(F)C(=O)OCC. The topological polar surface area (TPSA) is 52.6 Å². The van der Waals surface area contributed by atoms with Gasteiger partial charge in [-0.25, -0.2) is 9.59 Å². The van der Waals surface area contributed by atoms with E-state index in [9.17, 15) is 27.2 Å². The van der Waals surface area contributed by atoms with Crippen LogP contribution in [-0.2, 0) is 30.9 Å².